The van der Waals surface area contributed by atoms with Gasteiger partial charge >= 0.3 is 6.09 Å². The molecule has 0 bridgehead atoms. The zero-order valence-electron chi connectivity index (χ0n) is 31.6. The monoisotopic (exact) mass is 720 g/mol. The zero-order chi connectivity index (χ0) is 36.9. The molecule has 280 valence electrons. The van der Waals surface area contributed by atoms with Crippen LogP contribution in [-0.4, -0.2) is 124 Å². The predicted molar refractivity (Wildman–Crippen MR) is 196 cm³/mol. The van der Waals surface area contributed by atoms with E-state index in [4.69, 9.17) is 28.6 Å². The molecule has 2 fully saturated rings. The number of nitrogens with zero attached hydrogens (tertiary/aromatic N) is 5. The predicted octanol–water partition coefficient (Wildman–Crippen LogP) is 6.68. The zero-order valence-corrected chi connectivity index (χ0v) is 32.6. The van der Waals surface area contributed by atoms with Crippen molar-refractivity contribution in [2.45, 2.75) is 97.2 Å². The Bertz CT molecular complexity index is 1420. The number of aromatic nitrogens is 2. The number of likely N-dealkylation sites (N-methyl/N-ethyl adjacent to an activating group) is 1. The van der Waals surface area contributed by atoms with Gasteiger partial charge in [-0.05, 0) is 64.4 Å². The number of hydrogen-bond acceptors (Lipinski definition) is 10. The Morgan fingerprint density at radius 1 is 1.12 bits per heavy atom. The average Bonchev–Trinajstić information content (AvgIpc) is 3.53. The minimum Gasteiger partial charge on any atom is -0.491 e. The van der Waals surface area contributed by atoms with Crippen molar-refractivity contribution in [3.63, 3.8) is 0 Å². The van der Waals surface area contributed by atoms with Crippen LogP contribution in [0.1, 0.15) is 53.5 Å². The molecule has 2 aromatic rings. The number of ether oxygens (including phenoxy) is 3. The van der Waals surface area contributed by atoms with E-state index >= 15 is 0 Å². The number of alkyl halides is 2. The number of amides is 1. The molecule has 1 amide bonds. The third kappa shape index (κ3) is 11.2. The maximum absolute atomic E-state index is 13.1. The fraction of sp³-hybridized carbons (Fsp3) is 0.694. The second-order valence-corrected chi connectivity index (χ2v) is 20.7. The smallest absolute Gasteiger partial charge is 0.410 e. The summed E-state index contributed by atoms with van der Waals surface area (Å²) in [5.41, 5.74) is 1.08. The minimum absolute atomic E-state index is 0.0396. The van der Waals surface area contributed by atoms with Crippen molar-refractivity contribution in [1.82, 2.24) is 19.8 Å². The third-order valence-electron chi connectivity index (χ3n) is 9.44. The fourth-order valence-corrected chi connectivity index (χ4v) is 6.94. The fourth-order valence-electron chi connectivity index (χ4n) is 5.61. The van der Waals surface area contributed by atoms with Gasteiger partial charge in [0, 0.05) is 51.0 Å². The van der Waals surface area contributed by atoms with Gasteiger partial charge in [0.1, 0.15) is 29.6 Å². The molecule has 1 N–H and O–H groups in total. The van der Waals surface area contributed by atoms with Gasteiger partial charge < -0.3 is 33.8 Å². The second kappa shape index (κ2) is 16.5. The van der Waals surface area contributed by atoms with E-state index in [-0.39, 0.29) is 24.2 Å². The Hall–Kier alpha value is -3.07. The van der Waals surface area contributed by atoms with E-state index in [1.165, 1.54) is 0 Å². The van der Waals surface area contributed by atoms with Crippen LogP contribution in [0.2, 0.25) is 18.1 Å². The number of piperazine rings is 1. The third-order valence-corrected chi connectivity index (χ3v) is 14.0. The van der Waals surface area contributed by atoms with Crippen molar-refractivity contribution in [3.05, 3.63) is 29.8 Å². The van der Waals surface area contributed by atoms with Gasteiger partial charge in [-0.2, -0.15) is 0 Å². The molecule has 1 aromatic heterocycles. The van der Waals surface area contributed by atoms with Gasteiger partial charge in [0.2, 0.25) is 0 Å². The molecule has 11 nitrogen and oxygen atoms in total. The Morgan fingerprint density at radius 3 is 2.42 bits per heavy atom. The van der Waals surface area contributed by atoms with Gasteiger partial charge in [-0.1, -0.05) is 32.9 Å². The Kier molecular flexibility index (Phi) is 13.1. The molecule has 2 aliphatic rings. The van der Waals surface area contributed by atoms with E-state index in [1.807, 2.05) is 52.0 Å². The summed E-state index contributed by atoms with van der Waals surface area (Å²) in [6.07, 6.45) is -2.29. The molecule has 50 heavy (non-hydrogen) atoms. The molecule has 14 heteroatoms. The van der Waals surface area contributed by atoms with Gasteiger partial charge in [-0.25, -0.2) is 23.5 Å². The second-order valence-electron chi connectivity index (χ2n) is 15.9. The maximum Gasteiger partial charge on any atom is 0.410 e. The first-order chi connectivity index (χ1) is 23.3. The molecule has 2 saturated heterocycles. The summed E-state index contributed by atoms with van der Waals surface area (Å²) in [5.74, 6) is 2.67. The Morgan fingerprint density at radius 2 is 1.82 bits per heavy atom. The first kappa shape index (κ1) is 39.7. The number of anilines is 2. The molecule has 4 rings (SSSR count). The summed E-state index contributed by atoms with van der Waals surface area (Å²) >= 11 is 0. The molecule has 3 heterocycles. The lowest BCUT2D eigenvalue weighted by Crippen LogP contribution is -2.49. The number of rotatable bonds is 13. The molecule has 1 aromatic carbocycles. The van der Waals surface area contributed by atoms with Crippen molar-refractivity contribution >= 4 is 26.0 Å². The summed E-state index contributed by atoms with van der Waals surface area (Å²) in [6, 6.07) is 7.79. The van der Waals surface area contributed by atoms with Crippen LogP contribution in [0.5, 0.6) is 5.75 Å². The first-order valence-corrected chi connectivity index (χ1v) is 20.6. The van der Waals surface area contributed by atoms with E-state index < -0.39 is 32.5 Å². The first-order valence-electron chi connectivity index (χ1n) is 17.6. The lowest BCUT2D eigenvalue weighted by molar-refractivity contribution is 0.0172. The van der Waals surface area contributed by atoms with Crippen molar-refractivity contribution in [3.8, 4) is 17.1 Å². The van der Waals surface area contributed by atoms with Crippen molar-refractivity contribution in [2.75, 3.05) is 76.4 Å². The molecular weight excluding hydrogens is 663 g/mol. The van der Waals surface area contributed by atoms with Crippen LogP contribution >= 0.6 is 0 Å². The van der Waals surface area contributed by atoms with Crippen LogP contribution in [0.4, 0.5) is 25.2 Å². The van der Waals surface area contributed by atoms with Gasteiger partial charge in [0.15, 0.2) is 14.1 Å². The number of carbonyl (C=O) groups excluding carboxylic acids is 1. The van der Waals surface area contributed by atoms with E-state index in [1.54, 1.807) is 16.8 Å². The number of hydrogen-bond donors (Lipinski definition) is 1. The summed E-state index contributed by atoms with van der Waals surface area (Å²) in [7, 11) is -0.507. The average molecular weight is 721 g/mol. The van der Waals surface area contributed by atoms with Crippen molar-refractivity contribution in [2.24, 2.45) is 0 Å². The number of benzene rings is 1. The molecular formula is C36H58F2N6O5Si. The number of carbonyl (C=O) groups is 1. The van der Waals surface area contributed by atoms with E-state index in [0.717, 1.165) is 29.2 Å². The Balaban J connectivity index is 1.58. The lowest BCUT2D eigenvalue weighted by atomic mass is 10.1. The minimum atomic E-state index is -2.35. The summed E-state index contributed by atoms with van der Waals surface area (Å²) in [6.45, 7) is 22.3. The quantitative estimate of drug-likeness (QED) is 0.226. The highest BCUT2D eigenvalue weighted by Gasteiger charge is 2.40. The molecule has 2 atom stereocenters. The molecule has 0 aliphatic carbocycles. The molecule has 0 radical (unpaired) electrons. The highest BCUT2D eigenvalue weighted by atomic mass is 28.4. The summed E-state index contributed by atoms with van der Waals surface area (Å²) < 4.78 is 50.5. The molecule has 0 saturated carbocycles. The standard InChI is InChI=1S/C36H58F2N6O5Si/c1-25-31(39-27-14-19-46-23-27)40-32(41-33(25)44-17-15-43(16-18-44)22-30(37)38)26-12-11-13-28(20-26)47-24-29(49-50(9,10)36(5,6)7)21-42(8)34(45)48-35(2,3)4/h11-13,20,27,29-30H,14-19,21-24H2,1-10H3,(H,39,40,41)/t27-,29?/m1/s1. The van der Waals surface area contributed by atoms with Gasteiger partial charge in [-0.3, -0.25) is 4.90 Å². The van der Waals surface area contributed by atoms with E-state index in [2.05, 4.69) is 44.1 Å². The number of halogens is 2. The Labute approximate surface area is 298 Å². The number of nitrogens with one attached hydrogen (secondary N) is 1. The maximum atomic E-state index is 13.1. The van der Waals surface area contributed by atoms with Crippen LogP contribution in [0.25, 0.3) is 11.4 Å². The molecule has 2 aliphatic heterocycles. The summed E-state index contributed by atoms with van der Waals surface area (Å²) in [4.78, 5) is 28.3. The summed E-state index contributed by atoms with van der Waals surface area (Å²) in [5, 5.41) is 3.53. The highest BCUT2D eigenvalue weighted by molar-refractivity contribution is 6.74. The van der Waals surface area contributed by atoms with Gasteiger partial charge in [0.25, 0.3) is 6.43 Å². The van der Waals surface area contributed by atoms with Crippen LogP contribution in [0.3, 0.4) is 0 Å². The largest absolute Gasteiger partial charge is 0.491 e. The van der Waals surface area contributed by atoms with E-state index in [9.17, 15) is 13.6 Å². The molecule has 1 unspecified atom stereocenters. The van der Waals surface area contributed by atoms with Gasteiger partial charge in [0.05, 0.1) is 31.8 Å². The SMILES string of the molecule is Cc1c(N[C@@H]2CCOC2)nc(-c2cccc(OCC(CN(C)C(=O)OC(C)(C)C)O[Si](C)(C)C(C)(C)C)c2)nc1N1CCN(CC(F)F)CC1. The van der Waals surface area contributed by atoms with Crippen molar-refractivity contribution < 1.29 is 32.2 Å². The highest BCUT2D eigenvalue weighted by Crippen LogP contribution is 2.38. The van der Waals surface area contributed by atoms with Crippen LogP contribution in [0, 0.1) is 6.92 Å². The van der Waals surface area contributed by atoms with Crippen LogP contribution < -0.4 is 15.0 Å². The molecule has 0 spiro atoms. The normalized spacial score (nSPS) is 18.3. The topological polar surface area (TPSA) is 102 Å². The lowest BCUT2D eigenvalue weighted by Gasteiger charge is -2.40. The van der Waals surface area contributed by atoms with Crippen LogP contribution in [-0.2, 0) is 13.9 Å². The van der Waals surface area contributed by atoms with Crippen molar-refractivity contribution in [1.29, 1.82) is 0 Å². The van der Waals surface area contributed by atoms with E-state index in [0.29, 0.717) is 57.5 Å². The van der Waals surface area contributed by atoms with Gasteiger partial charge in [-0.15, -0.1) is 0 Å². The van der Waals surface area contributed by atoms with Crippen LogP contribution in [0.15, 0.2) is 24.3 Å².